The van der Waals surface area contributed by atoms with Crippen LogP contribution in [0.3, 0.4) is 0 Å². The predicted octanol–water partition coefficient (Wildman–Crippen LogP) is 4.19. The first-order valence-electron chi connectivity index (χ1n) is 7.82. The molecular weight excluding hydrogens is 385 g/mol. The number of nitrogens with one attached hydrogen (secondary N) is 2. The molecule has 146 valence electrons. The molecule has 0 aliphatic carbocycles. The second-order valence-electron chi connectivity index (χ2n) is 5.50. The number of carbonyl (C=O) groups excluding carboxylic acids is 1. The Morgan fingerprint density at radius 1 is 1.11 bits per heavy atom. The van der Waals surface area contributed by atoms with Crippen LogP contribution in [-0.2, 0) is 4.79 Å². The lowest BCUT2D eigenvalue weighted by Crippen LogP contribution is -2.38. The minimum Gasteiger partial charge on any atom is -0.495 e. The van der Waals surface area contributed by atoms with Crippen LogP contribution < -0.4 is 20.1 Å². The topological polar surface area (TPSA) is 59.6 Å². The van der Waals surface area contributed by atoms with Gasteiger partial charge in [0, 0.05) is 6.07 Å². The van der Waals surface area contributed by atoms with Crippen LogP contribution in [-0.4, -0.2) is 32.8 Å². The fourth-order valence-corrected chi connectivity index (χ4v) is 2.66. The molecule has 2 aromatic carbocycles. The standard InChI is InChI=1S/C18H18ClF3N2O3/c1-26-14-9-15(27-2)13(8-12(14)19)24-16(25)10-23-17(18(20,21)22)11-6-4-3-5-7-11/h3-9,17,23H,10H2,1-2H3,(H,24,25). The minimum absolute atomic E-state index is 0.0165. The molecule has 0 aliphatic rings. The van der Waals surface area contributed by atoms with Gasteiger partial charge >= 0.3 is 6.18 Å². The van der Waals surface area contributed by atoms with Gasteiger partial charge in [-0.2, -0.15) is 13.2 Å². The van der Waals surface area contributed by atoms with Gasteiger partial charge < -0.3 is 14.8 Å². The van der Waals surface area contributed by atoms with Gasteiger partial charge in [-0.25, -0.2) is 0 Å². The van der Waals surface area contributed by atoms with Gasteiger partial charge in [0.2, 0.25) is 5.91 Å². The highest BCUT2D eigenvalue weighted by Crippen LogP contribution is 2.36. The number of carbonyl (C=O) groups is 1. The third-order valence-electron chi connectivity index (χ3n) is 3.67. The van der Waals surface area contributed by atoms with Crippen LogP contribution in [0.15, 0.2) is 42.5 Å². The Morgan fingerprint density at radius 3 is 2.30 bits per heavy atom. The van der Waals surface area contributed by atoms with E-state index < -0.39 is 24.7 Å². The molecule has 0 aliphatic heterocycles. The molecule has 27 heavy (non-hydrogen) atoms. The summed E-state index contributed by atoms with van der Waals surface area (Å²) in [5.41, 5.74) is 0.237. The van der Waals surface area contributed by atoms with Gasteiger partial charge in [-0.15, -0.1) is 0 Å². The smallest absolute Gasteiger partial charge is 0.407 e. The van der Waals surface area contributed by atoms with E-state index in [0.717, 1.165) is 0 Å². The molecular formula is C18H18ClF3N2O3. The van der Waals surface area contributed by atoms with E-state index in [-0.39, 0.29) is 22.0 Å². The molecule has 2 aromatic rings. The van der Waals surface area contributed by atoms with Crippen LogP contribution in [0, 0.1) is 0 Å². The first kappa shape index (κ1) is 20.9. The number of hydrogen-bond acceptors (Lipinski definition) is 4. The summed E-state index contributed by atoms with van der Waals surface area (Å²) in [4.78, 5) is 12.1. The van der Waals surface area contributed by atoms with Gasteiger partial charge in [0.1, 0.15) is 17.5 Å². The number of halogens is 4. The second-order valence-corrected chi connectivity index (χ2v) is 5.91. The molecule has 0 bridgehead atoms. The van der Waals surface area contributed by atoms with Crippen LogP contribution in [0.4, 0.5) is 18.9 Å². The van der Waals surface area contributed by atoms with Crippen molar-refractivity contribution >= 4 is 23.2 Å². The zero-order chi connectivity index (χ0) is 20.0. The molecule has 2 N–H and O–H groups in total. The van der Waals surface area contributed by atoms with Crippen molar-refractivity contribution in [2.24, 2.45) is 0 Å². The van der Waals surface area contributed by atoms with E-state index in [9.17, 15) is 18.0 Å². The molecule has 0 radical (unpaired) electrons. The van der Waals surface area contributed by atoms with Crippen LogP contribution >= 0.6 is 11.6 Å². The van der Waals surface area contributed by atoms with Crippen LogP contribution in [0.2, 0.25) is 5.02 Å². The van der Waals surface area contributed by atoms with Crippen molar-refractivity contribution in [1.29, 1.82) is 0 Å². The molecule has 0 saturated heterocycles. The molecule has 9 heteroatoms. The highest BCUT2D eigenvalue weighted by molar-refractivity contribution is 6.32. The van der Waals surface area contributed by atoms with Gasteiger partial charge in [-0.05, 0) is 11.6 Å². The van der Waals surface area contributed by atoms with Crippen LogP contribution in [0.5, 0.6) is 11.5 Å². The summed E-state index contributed by atoms with van der Waals surface area (Å²) in [6.07, 6.45) is -4.55. The first-order chi connectivity index (χ1) is 12.8. The lowest BCUT2D eigenvalue weighted by atomic mass is 10.1. The van der Waals surface area contributed by atoms with E-state index in [1.807, 2.05) is 0 Å². The number of hydrogen-bond donors (Lipinski definition) is 2. The Kier molecular flexibility index (Phi) is 6.92. The predicted molar refractivity (Wildman–Crippen MR) is 96.4 cm³/mol. The summed E-state index contributed by atoms with van der Waals surface area (Å²) in [5.74, 6) is -0.0781. The molecule has 0 saturated carbocycles. The van der Waals surface area contributed by atoms with Crippen molar-refractivity contribution in [3.63, 3.8) is 0 Å². The van der Waals surface area contributed by atoms with Crippen molar-refractivity contribution < 1.29 is 27.4 Å². The van der Waals surface area contributed by atoms with Crippen LogP contribution in [0.25, 0.3) is 0 Å². The summed E-state index contributed by atoms with van der Waals surface area (Å²) in [6, 6.07) is 8.20. The monoisotopic (exact) mass is 402 g/mol. The number of ether oxygens (including phenoxy) is 2. The summed E-state index contributed by atoms with van der Waals surface area (Å²) in [5, 5.41) is 4.93. The first-order valence-corrected chi connectivity index (χ1v) is 8.20. The summed E-state index contributed by atoms with van der Waals surface area (Å²) >= 11 is 6.01. The third kappa shape index (κ3) is 5.51. The van der Waals surface area contributed by atoms with Crippen molar-refractivity contribution in [3.05, 3.63) is 53.1 Å². The molecule has 0 heterocycles. The Labute approximate surface area is 159 Å². The Morgan fingerprint density at radius 2 is 1.74 bits per heavy atom. The average Bonchev–Trinajstić information content (AvgIpc) is 2.62. The number of benzene rings is 2. The molecule has 2 rings (SSSR count). The number of rotatable bonds is 7. The van der Waals surface area contributed by atoms with E-state index in [0.29, 0.717) is 5.75 Å². The van der Waals surface area contributed by atoms with E-state index in [4.69, 9.17) is 21.1 Å². The van der Waals surface area contributed by atoms with Crippen molar-refractivity contribution in [2.75, 3.05) is 26.1 Å². The Hall–Kier alpha value is -2.45. The number of anilines is 1. The molecule has 1 unspecified atom stereocenters. The SMILES string of the molecule is COc1cc(OC)c(NC(=O)CNC(c2ccccc2)C(F)(F)F)cc1Cl. The number of amides is 1. The average molecular weight is 403 g/mol. The van der Waals surface area contributed by atoms with E-state index >= 15 is 0 Å². The van der Waals surface area contributed by atoms with Crippen molar-refractivity contribution in [3.8, 4) is 11.5 Å². The summed E-state index contributed by atoms with van der Waals surface area (Å²) in [7, 11) is 2.80. The number of alkyl halides is 3. The number of methoxy groups -OCH3 is 2. The van der Waals surface area contributed by atoms with E-state index in [1.165, 1.54) is 50.6 Å². The van der Waals surface area contributed by atoms with Crippen molar-refractivity contribution in [2.45, 2.75) is 12.2 Å². The lowest BCUT2D eigenvalue weighted by molar-refractivity contribution is -0.158. The highest BCUT2D eigenvalue weighted by Gasteiger charge is 2.40. The fourth-order valence-electron chi connectivity index (χ4n) is 2.41. The summed E-state index contributed by atoms with van der Waals surface area (Å²) in [6.45, 7) is -0.564. The third-order valence-corrected chi connectivity index (χ3v) is 3.97. The molecule has 0 spiro atoms. The van der Waals surface area contributed by atoms with Gasteiger partial charge in [-0.1, -0.05) is 41.9 Å². The maximum absolute atomic E-state index is 13.3. The van der Waals surface area contributed by atoms with Gasteiger partial charge in [-0.3, -0.25) is 10.1 Å². The molecule has 5 nitrogen and oxygen atoms in total. The van der Waals surface area contributed by atoms with Crippen LogP contribution in [0.1, 0.15) is 11.6 Å². The largest absolute Gasteiger partial charge is 0.495 e. The lowest BCUT2D eigenvalue weighted by Gasteiger charge is -2.22. The molecule has 0 fully saturated rings. The van der Waals surface area contributed by atoms with Gasteiger partial charge in [0.15, 0.2) is 0 Å². The maximum Gasteiger partial charge on any atom is 0.407 e. The van der Waals surface area contributed by atoms with Gasteiger partial charge in [0.25, 0.3) is 0 Å². The zero-order valence-electron chi connectivity index (χ0n) is 14.6. The summed E-state index contributed by atoms with van der Waals surface area (Å²) < 4.78 is 50.1. The second kappa shape index (κ2) is 8.96. The molecule has 1 atom stereocenters. The fraction of sp³-hybridized carbons (Fsp3) is 0.278. The van der Waals surface area contributed by atoms with E-state index in [1.54, 1.807) is 6.07 Å². The quantitative estimate of drug-likeness (QED) is 0.729. The maximum atomic E-state index is 13.3. The minimum atomic E-state index is -4.55. The van der Waals surface area contributed by atoms with Crippen molar-refractivity contribution in [1.82, 2.24) is 5.32 Å². The molecule has 0 aromatic heterocycles. The Bertz CT molecular complexity index is 785. The Balaban J connectivity index is 2.10. The van der Waals surface area contributed by atoms with Gasteiger partial charge in [0.05, 0.1) is 31.5 Å². The van der Waals surface area contributed by atoms with E-state index in [2.05, 4.69) is 10.6 Å². The highest BCUT2D eigenvalue weighted by atomic mass is 35.5. The molecule has 1 amide bonds. The normalized spacial score (nSPS) is 12.4. The zero-order valence-corrected chi connectivity index (χ0v) is 15.3.